The highest BCUT2D eigenvalue weighted by molar-refractivity contribution is 7.80. The first-order chi connectivity index (χ1) is 12.8. The van der Waals surface area contributed by atoms with Crippen molar-refractivity contribution in [2.24, 2.45) is 5.92 Å². The lowest BCUT2D eigenvalue weighted by Gasteiger charge is -2.14. The van der Waals surface area contributed by atoms with Gasteiger partial charge in [0.1, 0.15) is 5.75 Å². The van der Waals surface area contributed by atoms with Crippen LogP contribution in [0.2, 0.25) is 0 Å². The van der Waals surface area contributed by atoms with E-state index >= 15 is 0 Å². The van der Waals surface area contributed by atoms with Crippen molar-refractivity contribution in [3.05, 3.63) is 54.1 Å². The molecule has 0 spiro atoms. The summed E-state index contributed by atoms with van der Waals surface area (Å²) in [5, 5.41) is 8.44. The van der Waals surface area contributed by atoms with E-state index in [2.05, 4.69) is 16.0 Å². The fourth-order valence-electron chi connectivity index (χ4n) is 2.21. The van der Waals surface area contributed by atoms with Gasteiger partial charge in [0.15, 0.2) is 5.11 Å². The van der Waals surface area contributed by atoms with Crippen LogP contribution < -0.4 is 20.7 Å². The Morgan fingerprint density at radius 1 is 1.00 bits per heavy atom. The van der Waals surface area contributed by atoms with Crippen molar-refractivity contribution in [1.29, 1.82) is 0 Å². The molecule has 0 saturated heterocycles. The van der Waals surface area contributed by atoms with Gasteiger partial charge in [-0.1, -0.05) is 26.0 Å². The summed E-state index contributed by atoms with van der Waals surface area (Å²) in [5.74, 6) is 0.383. The number of para-hydroxylation sites is 1. The molecule has 6 nitrogen and oxygen atoms in total. The molecular weight excluding hydrogens is 362 g/mol. The summed E-state index contributed by atoms with van der Waals surface area (Å²) in [6, 6.07) is 14.0. The second-order valence-corrected chi connectivity index (χ2v) is 6.78. The molecule has 0 saturated carbocycles. The zero-order valence-electron chi connectivity index (χ0n) is 15.5. The van der Waals surface area contributed by atoms with Crippen molar-refractivity contribution in [3.8, 4) is 5.75 Å². The molecule has 0 aliphatic heterocycles. The first-order valence-corrected chi connectivity index (χ1v) is 8.98. The lowest BCUT2D eigenvalue weighted by molar-refractivity contribution is -0.114. The van der Waals surface area contributed by atoms with E-state index in [0.717, 1.165) is 0 Å². The van der Waals surface area contributed by atoms with Gasteiger partial charge in [0.2, 0.25) is 5.91 Å². The predicted octanol–water partition coefficient (Wildman–Crippen LogP) is 3.81. The quantitative estimate of drug-likeness (QED) is 0.659. The average Bonchev–Trinajstić information content (AvgIpc) is 2.61. The van der Waals surface area contributed by atoms with Gasteiger partial charge in [-0.25, -0.2) is 0 Å². The van der Waals surface area contributed by atoms with Gasteiger partial charge in [-0.05, 0) is 54.5 Å². The number of thiocarbonyl (C=S) groups is 1. The SMILES string of the molecule is CC(=O)Nc1ccc(NC(=S)NC(=O)c2ccccc2OCC(C)C)cc1. The Morgan fingerprint density at radius 2 is 1.59 bits per heavy atom. The maximum absolute atomic E-state index is 12.5. The van der Waals surface area contributed by atoms with Crippen LogP contribution >= 0.6 is 12.2 Å². The molecule has 27 heavy (non-hydrogen) atoms. The first kappa shape index (κ1) is 20.4. The molecule has 0 aromatic heterocycles. The number of carbonyl (C=O) groups is 2. The number of ether oxygens (including phenoxy) is 1. The van der Waals surface area contributed by atoms with Crippen molar-refractivity contribution in [3.63, 3.8) is 0 Å². The van der Waals surface area contributed by atoms with Crippen molar-refractivity contribution in [1.82, 2.24) is 5.32 Å². The minimum absolute atomic E-state index is 0.142. The van der Waals surface area contributed by atoms with Crippen molar-refractivity contribution in [2.75, 3.05) is 17.2 Å². The molecule has 0 bridgehead atoms. The molecule has 0 aliphatic rings. The topological polar surface area (TPSA) is 79.5 Å². The van der Waals surface area contributed by atoms with Crippen molar-refractivity contribution >= 4 is 40.5 Å². The van der Waals surface area contributed by atoms with Crippen LogP contribution in [0.25, 0.3) is 0 Å². The number of hydrogen-bond donors (Lipinski definition) is 3. The molecule has 0 unspecified atom stereocenters. The third-order valence-corrected chi connectivity index (χ3v) is 3.60. The molecule has 0 heterocycles. The molecule has 142 valence electrons. The number of rotatable bonds is 6. The smallest absolute Gasteiger partial charge is 0.261 e. The van der Waals surface area contributed by atoms with Crippen LogP contribution in [-0.4, -0.2) is 23.5 Å². The highest BCUT2D eigenvalue weighted by atomic mass is 32.1. The maximum Gasteiger partial charge on any atom is 0.261 e. The van der Waals surface area contributed by atoms with Crippen LogP contribution in [0.15, 0.2) is 48.5 Å². The minimum Gasteiger partial charge on any atom is -0.492 e. The molecule has 0 aliphatic carbocycles. The van der Waals surface area contributed by atoms with E-state index in [1.54, 1.807) is 42.5 Å². The fourth-order valence-corrected chi connectivity index (χ4v) is 2.42. The molecule has 7 heteroatoms. The number of anilines is 2. The normalized spacial score (nSPS) is 10.2. The summed E-state index contributed by atoms with van der Waals surface area (Å²) >= 11 is 5.21. The van der Waals surface area contributed by atoms with Crippen LogP contribution in [0.4, 0.5) is 11.4 Å². The van der Waals surface area contributed by atoms with E-state index < -0.39 is 0 Å². The Balaban J connectivity index is 1.97. The lowest BCUT2D eigenvalue weighted by atomic mass is 10.2. The Kier molecular flexibility index (Phi) is 7.31. The van der Waals surface area contributed by atoms with Crippen molar-refractivity contribution < 1.29 is 14.3 Å². The van der Waals surface area contributed by atoms with Crippen LogP contribution in [0.5, 0.6) is 5.75 Å². The van der Waals surface area contributed by atoms with Gasteiger partial charge in [0.05, 0.1) is 12.2 Å². The Bertz CT molecular complexity index is 819. The second-order valence-electron chi connectivity index (χ2n) is 6.37. The summed E-state index contributed by atoms with van der Waals surface area (Å²) in [6.07, 6.45) is 0. The Morgan fingerprint density at radius 3 is 2.19 bits per heavy atom. The fraction of sp³-hybridized carbons (Fsp3) is 0.250. The van der Waals surface area contributed by atoms with Gasteiger partial charge in [-0.15, -0.1) is 0 Å². The summed E-state index contributed by atoms with van der Waals surface area (Å²) in [4.78, 5) is 23.6. The number of carbonyl (C=O) groups excluding carboxylic acids is 2. The van der Waals surface area contributed by atoms with Crippen LogP contribution in [0, 0.1) is 5.92 Å². The molecule has 2 amide bonds. The summed E-state index contributed by atoms with van der Waals surface area (Å²) in [6.45, 7) is 6.05. The van der Waals surface area contributed by atoms with Crippen molar-refractivity contribution in [2.45, 2.75) is 20.8 Å². The summed E-state index contributed by atoms with van der Waals surface area (Å²) < 4.78 is 5.71. The van der Waals surface area contributed by atoms with Gasteiger partial charge in [-0.2, -0.15) is 0 Å². The molecule has 2 rings (SSSR count). The van der Waals surface area contributed by atoms with E-state index in [9.17, 15) is 9.59 Å². The summed E-state index contributed by atoms with van der Waals surface area (Å²) in [7, 11) is 0. The molecule has 0 atom stereocenters. The number of nitrogens with one attached hydrogen (secondary N) is 3. The summed E-state index contributed by atoms with van der Waals surface area (Å²) in [5.41, 5.74) is 1.79. The van der Waals surface area contributed by atoms with Crippen LogP contribution in [0.1, 0.15) is 31.1 Å². The first-order valence-electron chi connectivity index (χ1n) is 8.57. The van der Waals surface area contributed by atoms with Gasteiger partial charge in [0.25, 0.3) is 5.91 Å². The van der Waals surface area contributed by atoms with Crippen LogP contribution in [-0.2, 0) is 4.79 Å². The molecule has 3 N–H and O–H groups in total. The number of hydrogen-bond acceptors (Lipinski definition) is 4. The average molecular weight is 385 g/mol. The molecule has 2 aromatic carbocycles. The van der Waals surface area contributed by atoms with E-state index in [-0.39, 0.29) is 16.9 Å². The molecular formula is C20H23N3O3S. The van der Waals surface area contributed by atoms with Gasteiger partial charge in [-0.3, -0.25) is 14.9 Å². The zero-order valence-corrected chi connectivity index (χ0v) is 16.4. The molecule has 0 fully saturated rings. The molecule has 0 radical (unpaired) electrons. The second kappa shape index (κ2) is 9.68. The Hall–Kier alpha value is -2.93. The third kappa shape index (κ3) is 6.71. The van der Waals surface area contributed by atoms with Gasteiger partial charge in [0, 0.05) is 18.3 Å². The number of amides is 2. The van der Waals surface area contributed by atoms with E-state index in [1.165, 1.54) is 6.92 Å². The maximum atomic E-state index is 12.5. The molecule has 2 aromatic rings. The standard InChI is InChI=1S/C20H23N3O3S/c1-13(2)12-26-18-7-5-4-6-17(18)19(25)23-20(27)22-16-10-8-15(9-11-16)21-14(3)24/h4-11,13H,12H2,1-3H3,(H,21,24)(H2,22,23,25,27). The van der Waals surface area contributed by atoms with E-state index in [4.69, 9.17) is 17.0 Å². The third-order valence-electron chi connectivity index (χ3n) is 3.39. The highest BCUT2D eigenvalue weighted by Gasteiger charge is 2.14. The zero-order chi connectivity index (χ0) is 19.8. The largest absolute Gasteiger partial charge is 0.492 e. The minimum atomic E-state index is -0.346. The monoisotopic (exact) mass is 385 g/mol. The Labute approximate surface area is 164 Å². The van der Waals surface area contributed by atoms with E-state index in [0.29, 0.717) is 35.2 Å². The van der Waals surface area contributed by atoms with E-state index in [1.807, 2.05) is 19.9 Å². The lowest BCUT2D eigenvalue weighted by Crippen LogP contribution is -2.34. The highest BCUT2D eigenvalue weighted by Crippen LogP contribution is 2.19. The predicted molar refractivity (Wildman–Crippen MR) is 111 cm³/mol. The van der Waals surface area contributed by atoms with Gasteiger partial charge >= 0.3 is 0 Å². The van der Waals surface area contributed by atoms with Gasteiger partial charge < -0.3 is 15.4 Å². The van der Waals surface area contributed by atoms with Crippen LogP contribution in [0.3, 0.4) is 0 Å². The number of benzene rings is 2.